The Morgan fingerprint density at radius 2 is 1.90 bits per heavy atom. The van der Waals surface area contributed by atoms with Gasteiger partial charge in [-0.1, -0.05) is 12.1 Å². The van der Waals surface area contributed by atoms with Gasteiger partial charge in [-0.25, -0.2) is 0 Å². The number of benzene rings is 1. The maximum atomic E-state index is 13.1. The van der Waals surface area contributed by atoms with Crippen molar-refractivity contribution in [1.29, 1.82) is 0 Å². The summed E-state index contributed by atoms with van der Waals surface area (Å²) in [5.74, 6) is 0.487. The molecule has 0 spiro atoms. The molecule has 2 amide bonds. The van der Waals surface area contributed by atoms with Crippen LogP contribution in [0, 0.1) is 5.92 Å². The zero-order chi connectivity index (χ0) is 20.8. The standard InChI is InChI=1S/C23H24N4O3/c1-15(28)24-19-4-2-6-21-18(19)8-9-25(21)14-23(30)26-11-16-10-17(13-26)20-5-3-7-22(29)27(20)12-16/h2-9,16-17H,10-14H2,1H3,(H,24,28). The topological polar surface area (TPSA) is 76.3 Å². The van der Waals surface area contributed by atoms with Crippen LogP contribution in [-0.2, 0) is 22.7 Å². The summed E-state index contributed by atoms with van der Waals surface area (Å²) in [5.41, 5.74) is 2.77. The Morgan fingerprint density at radius 1 is 1.07 bits per heavy atom. The molecule has 2 aliphatic rings. The van der Waals surface area contributed by atoms with Gasteiger partial charge in [0.1, 0.15) is 6.54 Å². The molecule has 1 saturated heterocycles. The minimum atomic E-state index is -0.120. The van der Waals surface area contributed by atoms with Crippen molar-refractivity contribution in [2.45, 2.75) is 32.4 Å². The lowest BCUT2D eigenvalue weighted by atomic mass is 9.83. The largest absolute Gasteiger partial charge is 0.340 e. The average Bonchev–Trinajstić information content (AvgIpc) is 3.12. The highest BCUT2D eigenvalue weighted by atomic mass is 16.2. The van der Waals surface area contributed by atoms with Crippen molar-refractivity contribution in [3.05, 3.63) is 64.7 Å². The zero-order valence-electron chi connectivity index (χ0n) is 16.9. The van der Waals surface area contributed by atoms with E-state index in [1.165, 1.54) is 6.92 Å². The van der Waals surface area contributed by atoms with Crippen molar-refractivity contribution in [2.75, 3.05) is 18.4 Å². The molecule has 2 aromatic heterocycles. The van der Waals surface area contributed by atoms with Crippen molar-refractivity contribution in [1.82, 2.24) is 14.0 Å². The highest BCUT2D eigenvalue weighted by molar-refractivity contribution is 6.01. The van der Waals surface area contributed by atoms with E-state index in [4.69, 9.17) is 0 Å². The highest BCUT2D eigenvalue weighted by Crippen LogP contribution is 2.35. The van der Waals surface area contributed by atoms with Crippen LogP contribution in [0.5, 0.6) is 0 Å². The second-order valence-electron chi connectivity index (χ2n) is 8.36. The monoisotopic (exact) mass is 404 g/mol. The zero-order valence-corrected chi connectivity index (χ0v) is 16.9. The molecule has 2 bridgehead atoms. The molecule has 0 saturated carbocycles. The van der Waals surface area contributed by atoms with Gasteiger partial charge in [-0.05, 0) is 36.6 Å². The minimum absolute atomic E-state index is 0.0516. The van der Waals surface area contributed by atoms with Crippen LogP contribution in [0.3, 0.4) is 0 Å². The lowest BCUT2D eigenvalue weighted by Gasteiger charge is -2.42. The molecular weight excluding hydrogens is 380 g/mol. The summed E-state index contributed by atoms with van der Waals surface area (Å²) in [4.78, 5) is 38.7. The second kappa shape index (κ2) is 7.16. The van der Waals surface area contributed by atoms with E-state index in [9.17, 15) is 14.4 Å². The normalized spacial score (nSPS) is 20.1. The van der Waals surface area contributed by atoms with E-state index in [-0.39, 0.29) is 29.8 Å². The summed E-state index contributed by atoms with van der Waals surface area (Å²) >= 11 is 0. The number of fused-ring (bicyclic) bond motifs is 5. The first-order chi connectivity index (χ1) is 14.5. The van der Waals surface area contributed by atoms with E-state index in [2.05, 4.69) is 5.32 Å². The summed E-state index contributed by atoms with van der Waals surface area (Å²) in [7, 11) is 0. The van der Waals surface area contributed by atoms with Crippen LogP contribution in [0.1, 0.15) is 25.0 Å². The third kappa shape index (κ3) is 3.20. The molecule has 2 aliphatic heterocycles. The van der Waals surface area contributed by atoms with E-state index in [1.807, 2.05) is 56.6 Å². The first-order valence-electron chi connectivity index (χ1n) is 10.3. The summed E-state index contributed by atoms with van der Waals surface area (Å²) in [5, 5.41) is 3.76. The number of anilines is 1. The van der Waals surface area contributed by atoms with Crippen LogP contribution in [0.2, 0.25) is 0 Å². The third-order valence-electron chi connectivity index (χ3n) is 6.26. The highest BCUT2D eigenvalue weighted by Gasteiger charge is 2.36. The smallest absolute Gasteiger partial charge is 0.250 e. The van der Waals surface area contributed by atoms with Gasteiger partial charge in [0, 0.05) is 55.8 Å². The SMILES string of the molecule is CC(=O)Nc1cccc2c1ccn2CC(=O)N1CC2CC(C1)c1cccc(=O)n1C2. The van der Waals surface area contributed by atoms with Crippen LogP contribution in [-0.4, -0.2) is 38.9 Å². The quantitative estimate of drug-likeness (QED) is 0.728. The molecule has 4 heterocycles. The lowest BCUT2D eigenvalue weighted by Crippen LogP contribution is -2.49. The molecule has 1 aromatic carbocycles. The number of aromatic nitrogens is 2. The van der Waals surface area contributed by atoms with Gasteiger partial charge in [-0.15, -0.1) is 0 Å². The molecule has 5 rings (SSSR count). The van der Waals surface area contributed by atoms with Gasteiger partial charge in [-0.3, -0.25) is 14.4 Å². The molecule has 3 aromatic rings. The number of carbonyl (C=O) groups is 2. The van der Waals surface area contributed by atoms with Gasteiger partial charge in [0.25, 0.3) is 5.56 Å². The van der Waals surface area contributed by atoms with E-state index < -0.39 is 0 Å². The van der Waals surface area contributed by atoms with Crippen LogP contribution in [0.15, 0.2) is 53.5 Å². The Kier molecular flexibility index (Phi) is 4.46. The van der Waals surface area contributed by atoms with Gasteiger partial charge in [0.15, 0.2) is 0 Å². The number of carbonyl (C=O) groups excluding carboxylic acids is 2. The summed E-state index contributed by atoms with van der Waals surface area (Å²) in [6, 6.07) is 13.1. The number of pyridine rings is 1. The van der Waals surface area contributed by atoms with Crippen LogP contribution < -0.4 is 10.9 Å². The lowest BCUT2D eigenvalue weighted by molar-refractivity contribution is -0.134. The molecule has 7 heteroatoms. The van der Waals surface area contributed by atoms with E-state index in [0.717, 1.165) is 28.7 Å². The molecule has 1 fully saturated rings. The maximum Gasteiger partial charge on any atom is 0.250 e. The first-order valence-corrected chi connectivity index (χ1v) is 10.3. The third-order valence-corrected chi connectivity index (χ3v) is 6.26. The number of likely N-dealkylation sites (tertiary alicyclic amines) is 1. The maximum absolute atomic E-state index is 13.1. The molecule has 0 radical (unpaired) electrons. The van der Waals surface area contributed by atoms with Crippen molar-refractivity contribution >= 4 is 28.4 Å². The first kappa shape index (κ1) is 18.7. The predicted molar refractivity (Wildman–Crippen MR) is 114 cm³/mol. The second-order valence-corrected chi connectivity index (χ2v) is 8.36. The van der Waals surface area contributed by atoms with Crippen molar-refractivity contribution < 1.29 is 9.59 Å². The number of hydrogen-bond acceptors (Lipinski definition) is 3. The number of rotatable bonds is 3. The van der Waals surface area contributed by atoms with Crippen molar-refractivity contribution in [3.8, 4) is 0 Å². The Morgan fingerprint density at radius 3 is 2.73 bits per heavy atom. The summed E-state index contributed by atoms with van der Waals surface area (Å²) < 4.78 is 3.81. The van der Waals surface area contributed by atoms with Crippen LogP contribution in [0.4, 0.5) is 5.69 Å². The predicted octanol–water partition coefficient (Wildman–Crippen LogP) is 2.41. The molecular formula is C23H24N4O3. The number of piperidine rings is 1. The van der Waals surface area contributed by atoms with E-state index in [1.54, 1.807) is 6.07 Å². The van der Waals surface area contributed by atoms with Crippen LogP contribution in [0.25, 0.3) is 10.9 Å². The fourth-order valence-electron chi connectivity index (χ4n) is 5.01. The Labute approximate surface area is 173 Å². The average molecular weight is 404 g/mol. The molecule has 1 N–H and O–H groups in total. The Balaban J connectivity index is 1.37. The number of amides is 2. The Hall–Kier alpha value is -3.35. The minimum Gasteiger partial charge on any atom is -0.340 e. The van der Waals surface area contributed by atoms with E-state index >= 15 is 0 Å². The Bertz CT molecular complexity index is 1210. The number of hydrogen-bond donors (Lipinski definition) is 1. The fourth-order valence-corrected chi connectivity index (χ4v) is 5.01. The van der Waals surface area contributed by atoms with Crippen LogP contribution >= 0.6 is 0 Å². The van der Waals surface area contributed by atoms with Gasteiger partial charge < -0.3 is 19.4 Å². The van der Waals surface area contributed by atoms with Crippen molar-refractivity contribution in [3.63, 3.8) is 0 Å². The van der Waals surface area contributed by atoms with E-state index in [0.29, 0.717) is 25.6 Å². The number of nitrogens with zero attached hydrogens (tertiary/aromatic N) is 3. The van der Waals surface area contributed by atoms with Crippen molar-refractivity contribution in [2.24, 2.45) is 5.92 Å². The molecule has 2 atom stereocenters. The fraction of sp³-hybridized carbons (Fsp3) is 0.348. The van der Waals surface area contributed by atoms with Gasteiger partial charge in [0.05, 0.1) is 11.2 Å². The summed E-state index contributed by atoms with van der Waals surface area (Å²) in [6.07, 6.45) is 2.92. The van der Waals surface area contributed by atoms with Gasteiger partial charge in [0.2, 0.25) is 11.8 Å². The molecule has 154 valence electrons. The number of nitrogens with one attached hydrogen (secondary N) is 1. The summed E-state index contributed by atoms with van der Waals surface area (Å²) in [6.45, 7) is 3.76. The van der Waals surface area contributed by atoms with Gasteiger partial charge in [-0.2, -0.15) is 0 Å². The molecule has 30 heavy (non-hydrogen) atoms. The molecule has 2 unspecified atom stereocenters. The molecule has 0 aliphatic carbocycles. The molecule has 7 nitrogen and oxygen atoms in total. The van der Waals surface area contributed by atoms with Gasteiger partial charge >= 0.3 is 0 Å².